The van der Waals surface area contributed by atoms with Crippen LogP contribution in [0.15, 0.2) is 71.6 Å². The molecule has 0 spiro atoms. The van der Waals surface area contributed by atoms with Crippen LogP contribution in [0.2, 0.25) is 0 Å². The third-order valence-corrected chi connectivity index (χ3v) is 7.49. The topological polar surface area (TPSA) is 66.5 Å². The first-order valence-corrected chi connectivity index (χ1v) is 11.4. The van der Waals surface area contributed by atoms with Crippen LogP contribution in [0.5, 0.6) is 0 Å². The second-order valence-electron chi connectivity index (χ2n) is 7.50. The van der Waals surface area contributed by atoms with Crippen LogP contribution in [-0.2, 0) is 21.4 Å². The van der Waals surface area contributed by atoms with Crippen molar-refractivity contribution in [1.29, 1.82) is 0 Å². The van der Waals surface area contributed by atoms with Gasteiger partial charge in [0, 0.05) is 31.1 Å². The van der Waals surface area contributed by atoms with Crippen LogP contribution < -0.4 is 5.32 Å². The van der Waals surface area contributed by atoms with Gasteiger partial charge >= 0.3 is 0 Å². The normalized spacial score (nSPS) is 15.9. The molecule has 1 heterocycles. The number of carbonyl (C=O) groups excluding carboxylic acids is 1. The highest BCUT2D eigenvalue weighted by molar-refractivity contribution is 7.89. The molecule has 0 bridgehead atoms. The van der Waals surface area contributed by atoms with E-state index in [1.807, 2.05) is 30.3 Å². The molecule has 156 valence electrons. The van der Waals surface area contributed by atoms with E-state index in [-0.39, 0.29) is 42.2 Å². The minimum absolute atomic E-state index is 0.126. The zero-order valence-corrected chi connectivity index (χ0v) is 17.2. The van der Waals surface area contributed by atoms with Crippen molar-refractivity contribution >= 4 is 26.7 Å². The number of hydrogen-bond acceptors (Lipinski definition) is 3. The molecule has 1 aliphatic heterocycles. The van der Waals surface area contributed by atoms with Crippen LogP contribution in [-0.4, -0.2) is 31.7 Å². The zero-order chi connectivity index (χ0) is 21.1. The molecule has 3 aromatic carbocycles. The molecule has 0 radical (unpaired) electrons. The van der Waals surface area contributed by atoms with Gasteiger partial charge in [0.1, 0.15) is 5.82 Å². The average Bonchev–Trinajstić information content (AvgIpc) is 2.78. The molecular weight excluding hydrogens is 403 g/mol. The molecule has 4 rings (SSSR count). The first kappa shape index (κ1) is 20.5. The Kier molecular flexibility index (Phi) is 5.83. The molecule has 5 nitrogen and oxygen atoms in total. The lowest BCUT2D eigenvalue weighted by Crippen LogP contribution is -2.42. The summed E-state index contributed by atoms with van der Waals surface area (Å²) < 4.78 is 41.2. The molecule has 1 fully saturated rings. The average molecular weight is 427 g/mol. The van der Waals surface area contributed by atoms with Crippen LogP contribution in [0.4, 0.5) is 4.39 Å². The smallest absolute Gasteiger partial charge is 0.243 e. The van der Waals surface area contributed by atoms with Gasteiger partial charge in [0.25, 0.3) is 0 Å². The lowest BCUT2D eigenvalue weighted by molar-refractivity contribution is -0.126. The lowest BCUT2D eigenvalue weighted by atomic mass is 9.97. The van der Waals surface area contributed by atoms with E-state index in [1.54, 1.807) is 30.3 Å². The number of rotatable bonds is 5. The van der Waals surface area contributed by atoms with Gasteiger partial charge in [-0.25, -0.2) is 12.8 Å². The van der Waals surface area contributed by atoms with Gasteiger partial charge in [-0.05, 0) is 41.8 Å². The summed E-state index contributed by atoms with van der Waals surface area (Å²) in [4.78, 5) is 12.7. The van der Waals surface area contributed by atoms with Crippen molar-refractivity contribution in [2.45, 2.75) is 24.3 Å². The number of nitrogens with zero attached hydrogens (tertiary/aromatic N) is 1. The molecule has 3 aromatic rings. The summed E-state index contributed by atoms with van der Waals surface area (Å²) >= 11 is 0. The Hall–Kier alpha value is -2.77. The Balaban J connectivity index is 1.38. The van der Waals surface area contributed by atoms with Crippen LogP contribution in [0, 0.1) is 11.7 Å². The summed E-state index contributed by atoms with van der Waals surface area (Å²) in [6, 6.07) is 19.1. The standard InChI is InChI=1S/C23H23FN2O3S/c24-22-8-4-3-7-20(22)16-25-23(27)18-11-13-26(14-12-18)30(28,29)21-10-9-17-5-1-2-6-19(17)15-21/h1-10,15,18H,11-14,16H2,(H,25,27). The molecule has 1 aliphatic rings. The number of fused-ring (bicyclic) bond motifs is 1. The predicted octanol–water partition coefficient (Wildman–Crippen LogP) is 3.70. The van der Waals surface area contributed by atoms with E-state index in [2.05, 4.69) is 5.32 Å². The monoisotopic (exact) mass is 426 g/mol. The van der Waals surface area contributed by atoms with E-state index in [4.69, 9.17) is 0 Å². The van der Waals surface area contributed by atoms with Crippen molar-refractivity contribution in [3.8, 4) is 0 Å². The highest BCUT2D eigenvalue weighted by Gasteiger charge is 2.32. The van der Waals surface area contributed by atoms with Gasteiger partial charge in [-0.2, -0.15) is 4.31 Å². The van der Waals surface area contributed by atoms with Crippen LogP contribution >= 0.6 is 0 Å². The molecule has 0 saturated carbocycles. The Morgan fingerprint density at radius 1 is 0.967 bits per heavy atom. The van der Waals surface area contributed by atoms with Crippen LogP contribution in [0.3, 0.4) is 0 Å². The highest BCUT2D eigenvalue weighted by Crippen LogP contribution is 2.26. The Labute approximate surface area is 175 Å². The summed E-state index contributed by atoms with van der Waals surface area (Å²) in [7, 11) is -3.61. The molecule has 7 heteroatoms. The van der Waals surface area contributed by atoms with E-state index in [9.17, 15) is 17.6 Å². The van der Waals surface area contributed by atoms with E-state index in [0.717, 1.165) is 10.8 Å². The fraction of sp³-hybridized carbons (Fsp3) is 0.261. The fourth-order valence-corrected chi connectivity index (χ4v) is 5.31. The molecule has 0 atom stereocenters. The van der Waals surface area contributed by atoms with Gasteiger partial charge in [-0.3, -0.25) is 4.79 Å². The maximum absolute atomic E-state index is 13.7. The number of benzene rings is 3. The first-order valence-electron chi connectivity index (χ1n) is 9.95. The van der Waals surface area contributed by atoms with Crippen molar-refractivity contribution < 1.29 is 17.6 Å². The Morgan fingerprint density at radius 3 is 2.37 bits per heavy atom. The van der Waals surface area contributed by atoms with Crippen molar-refractivity contribution in [2.75, 3.05) is 13.1 Å². The number of amides is 1. The SMILES string of the molecule is O=C(NCc1ccccc1F)C1CCN(S(=O)(=O)c2ccc3ccccc3c2)CC1. The minimum atomic E-state index is -3.61. The summed E-state index contributed by atoms with van der Waals surface area (Å²) in [5.74, 6) is -0.796. The largest absolute Gasteiger partial charge is 0.352 e. The summed E-state index contributed by atoms with van der Waals surface area (Å²) in [6.07, 6.45) is 0.881. The lowest BCUT2D eigenvalue weighted by Gasteiger charge is -2.30. The first-order chi connectivity index (χ1) is 14.4. The Morgan fingerprint density at radius 2 is 1.63 bits per heavy atom. The van der Waals surface area contributed by atoms with E-state index in [1.165, 1.54) is 10.4 Å². The van der Waals surface area contributed by atoms with Gasteiger partial charge < -0.3 is 5.32 Å². The molecule has 0 aliphatic carbocycles. The molecule has 30 heavy (non-hydrogen) atoms. The molecular formula is C23H23FN2O3S. The molecule has 1 saturated heterocycles. The Bertz CT molecular complexity index is 1170. The number of carbonyl (C=O) groups is 1. The number of nitrogens with one attached hydrogen (secondary N) is 1. The maximum atomic E-state index is 13.7. The van der Waals surface area contributed by atoms with Crippen molar-refractivity contribution in [2.24, 2.45) is 5.92 Å². The summed E-state index contributed by atoms with van der Waals surface area (Å²) in [6.45, 7) is 0.695. The minimum Gasteiger partial charge on any atom is -0.352 e. The number of piperidine rings is 1. The van der Waals surface area contributed by atoms with Gasteiger partial charge in [0.05, 0.1) is 4.90 Å². The zero-order valence-electron chi connectivity index (χ0n) is 16.4. The molecule has 1 N–H and O–H groups in total. The maximum Gasteiger partial charge on any atom is 0.243 e. The van der Waals surface area contributed by atoms with Crippen LogP contribution in [0.25, 0.3) is 10.8 Å². The summed E-state index contributed by atoms with van der Waals surface area (Å²) in [5.41, 5.74) is 0.433. The second-order valence-corrected chi connectivity index (χ2v) is 9.43. The third-order valence-electron chi connectivity index (χ3n) is 5.59. The summed E-state index contributed by atoms with van der Waals surface area (Å²) in [5, 5.41) is 4.63. The number of hydrogen-bond donors (Lipinski definition) is 1. The third kappa shape index (κ3) is 4.22. The second kappa shape index (κ2) is 8.53. The number of halogens is 1. The van der Waals surface area contributed by atoms with E-state index >= 15 is 0 Å². The van der Waals surface area contributed by atoms with Gasteiger partial charge in [0.2, 0.25) is 15.9 Å². The quantitative estimate of drug-likeness (QED) is 0.677. The van der Waals surface area contributed by atoms with Crippen molar-refractivity contribution in [3.63, 3.8) is 0 Å². The van der Waals surface area contributed by atoms with Crippen molar-refractivity contribution in [1.82, 2.24) is 9.62 Å². The van der Waals surface area contributed by atoms with Gasteiger partial charge in [-0.1, -0.05) is 48.5 Å². The highest BCUT2D eigenvalue weighted by atomic mass is 32.2. The van der Waals surface area contributed by atoms with E-state index < -0.39 is 10.0 Å². The fourth-order valence-electron chi connectivity index (χ4n) is 3.80. The van der Waals surface area contributed by atoms with E-state index in [0.29, 0.717) is 18.4 Å². The molecule has 0 aromatic heterocycles. The van der Waals surface area contributed by atoms with Gasteiger partial charge in [0.15, 0.2) is 0 Å². The number of sulfonamides is 1. The molecule has 1 amide bonds. The van der Waals surface area contributed by atoms with Gasteiger partial charge in [-0.15, -0.1) is 0 Å². The predicted molar refractivity (Wildman–Crippen MR) is 114 cm³/mol. The van der Waals surface area contributed by atoms with Crippen LogP contribution in [0.1, 0.15) is 18.4 Å². The molecule has 0 unspecified atom stereocenters. The van der Waals surface area contributed by atoms with Crippen molar-refractivity contribution in [3.05, 3.63) is 78.1 Å².